The van der Waals surface area contributed by atoms with Crippen molar-refractivity contribution in [2.75, 3.05) is 5.32 Å². The molecule has 0 radical (unpaired) electrons. The molecule has 0 saturated heterocycles. The number of ether oxygens (including phenoxy) is 1. The zero-order valence-corrected chi connectivity index (χ0v) is 16.0. The summed E-state index contributed by atoms with van der Waals surface area (Å²) in [4.78, 5) is 24.4. The van der Waals surface area contributed by atoms with E-state index in [-0.39, 0.29) is 12.5 Å². The van der Waals surface area contributed by atoms with Crippen molar-refractivity contribution in [1.29, 1.82) is 0 Å². The molecule has 1 saturated carbocycles. The number of carbonyl (C=O) groups is 1. The van der Waals surface area contributed by atoms with Gasteiger partial charge in [-0.15, -0.1) is 0 Å². The Morgan fingerprint density at radius 3 is 2.77 bits per heavy atom. The van der Waals surface area contributed by atoms with Crippen LogP contribution >= 0.6 is 0 Å². The highest BCUT2D eigenvalue weighted by atomic mass is 16.5. The Morgan fingerprint density at radius 2 is 2.00 bits per heavy atom. The van der Waals surface area contributed by atoms with Gasteiger partial charge in [-0.3, -0.25) is 4.79 Å². The molecule has 0 aliphatic heterocycles. The largest absolute Gasteiger partial charge is 0.485 e. The van der Waals surface area contributed by atoms with Crippen LogP contribution < -0.4 is 10.1 Å². The fourth-order valence-corrected chi connectivity index (χ4v) is 3.10. The molecule has 2 N–H and O–H groups in total. The average Bonchev–Trinajstić information content (AvgIpc) is 3.27. The summed E-state index contributed by atoms with van der Waals surface area (Å²) < 4.78 is 10.9. The Labute approximate surface area is 172 Å². The number of imidazole rings is 1. The van der Waals surface area contributed by atoms with Crippen LogP contribution in [0.3, 0.4) is 0 Å². The van der Waals surface area contributed by atoms with Crippen LogP contribution in [-0.2, 0) is 6.61 Å². The zero-order valence-electron chi connectivity index (χ0n) is 16.0. The maximum Gasteiger partial charge on any atom is 0.256 e. The Hall–Kier alpha value is -3.94. The quantitative estimate of drug-likeness (QED) is 0.481. The first-order valence-electron chi connectivity index (χ1n) is 9.72. The van der Waals surface area contributed by atoms with E-state index < -0.39 is 0 Å². The molecule has 4 aromatic rings. The van der Waals surface area contributed by atoms with Gasteiger partial charge >= 0.3 is 0 Å². The minimum Gasteiger partial charge on any atom is -0.485 e. The van der Waals surface area contributed by atoms with Gasteiger partial charge in [0, 0.05) is 29.6 Å². The fraction of sp³-hybridized carbons (Fsp3) is 0.182. The predicted molar refractivity (Wildman–Crippen MR) is 109 cm³/mol. The summed E-state index contributed by atoms with van der Waals surface area (Å²) in [6.07, 6.45) is 5.61. The first kappa shape index (κ1) is 18.1. The number of hydrogen-bond acceptors (Lipinski definition) is 6. The number of anilines is 1. The van der Waals surface area contributed by atoms with Gasteiger partial charge < -0.3 is 19.6 Å². The topological polar surface area (TPSA) is 106 Å². The Kier molecular flexibility index (Phi) is 4.72. The monoisotopic (exact) mass is 401 g/mol. The van der Waals surface area contributed by atoms with Gasteiger partial charge in [0.05, 0.1) is 5.56 Å². The first-order chi connectivity index (χ1) is 14.8. The van der Waals surface area contributed by atoms with Crippen LogP contribution in [0, 0.1) is 0 Å². The van der Waals surface area contributed by atoms with E-state index in [2.05, 4.69) is 25.4 Å². The summed E-state index contributed by atoms with van der Waals surface area (Å²) in [6.45, 7) is 0.235. The number of H-pyrrole nitrogens is 1. The van der Waals surface area contributed by atoms with Gasteiger partial charge in [0.25, 0.3) is 5.91 Å². The number of benzene rings is 2. The molecule has 0 atom stereocenters. The normalized spacial score (nSPS) is 13.2. The molecule has 8 heteroatoms. The molecule has 1 aliphatic carbocycles. The SMILES string of the molecule is O=C(Nc1ccc(OCc2noc(C3CC3)n2)cc1)c1ccccc1-c1ncc[nH]1. The number of nitrogens with zero attached hydrogens (tertiary/aromatic N) is 3. The number of carbonyl (C=O) groups excluding carboxylic acids is 1. The molecule has 0 spiro atoms. The second kappa shape index (κ2) is 7.82. The molecule has 1 aliphatic rings. The predicted octanol–water partition coefficient (Wildman–Crippen LogP) is 4.17. The third kappa shape index (κ3) is 3.93. The summed E-state index contributed by atoms with van der Waals surface area (Å²) in [5, 5.41) is 6.84. The van der Waals surface area contributed by atoms with Crippen LogP contribution in [0.25, 0.3) is 11.4 Å². The highest BCUT2D eigenvalue weighted by Gasteiger charge is 2.29. The van der Waals surface area contributed by atoms with Crippen LogP contribution in [0.1, 0.15) is 40.8 Å². The molecule has 1 amide bonds. The summed E-state index contributed by atoms with van der Waals surface area (Å²) in [6, 6.07) is 14.5. The van der Waals surface area contributed by atoms with Crippen molar-refractivity contribution in [2.45, 2.75) is 25.4 Å². The number of aromatic amines is 1. The number of aromatic nitrogens is 4. The number of hydrogen-bond donors (Lipinski definition) is 2. The summed E-state index contributed by atoms with van der Waals surface area (Å²) >= 11 is 0. The van der Waals surface area contributed by atoms with Gasteiger partial charge in [0.1, 0.15) is 11.6 Å². The van der Waals surface area contributed by atoms with Crippen LogP contribution in [0.2, 0.25) is 0 Å². The van der Waals surface area contributed by atoms with Gasteiger partial charge in [-0.25, -0.2) is 4.98 Å². The molecule has 2 aromatic heterocycles. The van der Waals surface area contributed by atoms with E-state index in [1.807, 2.05) is 18.2 Å². The Morgan fingerprint density at radius 1 is 1.17 bits per heavy atom. The molecule has 8 nitrogen and oxygen atoms in total. The number of nitrogens with one attached hydrogen (secondary N) is 2. The Balaban J connectivity index is 1.22. The van der Waals surface area contributed by atoms with E-state index in [9.17, 15) is 4.79 Å². The standard InChI is InChI=1S/C22H19N5O3/c28-21(18-4-2-1-3-17(18)20-23-11-12-24-20)25-15-7-9-16(10-8-15)29-13-19-26-22(30-27-19)14-5-6-14/h1-4,7-12,14H,5-6,13H2,(H,23,24)(H,25,28). The number of amides is 1. The highest BCUT2D eigenvalue weighted by molar-refractivity contribution is 6.08. The molecule has 2 aromatic carbocycles. The van der Waals surface area contributed by atoms with Crippen LogP contribution in [0.15, 0.2) is 65.4 Å². The van der Waals surface area contributed by atoms with Gasteiger partial charge in [-0.05, 0) is 43.2 Å². The maximum atomic E-state index is 12.8. The molecule has 2 heterocycles. The van der Waals surface area contributed by atoms with E-state index in [0.717, 1.165) is 18.4 Å². The van der Waals surface area contributed by atoms with Crippen molar-refractivity contribution >= 4 is 11.6 Å². The maximum absolute atomic E-state index is 12.8. The third-order valence-electron chi connectivity index (χ3n) is 4.82. The third-order valence-corrected chi connectivity index (χ3v) is 4.82. The van der Waals surface area contributed by atoms with Crippen molar-refractivity contribution in [3.63, 3.8) is 0 Å². The Bertz CT molecular complexity index is 1150. The summed E-state index contributed by atoms with van der Waals surface area (Å²) in [5.74, 6) is 2.74. The minimum atomic E-state index is -0.213. The summed E-state index contributed by atoms with van der Waals surface area (Å²) in [7, 11) is 0. The van der Waals surface area contributed by atoms with Gasteiger partial charge in [0.15, 0.2) is 6.61 Å². The van der Waals surface area contributed by atoms with Crippen LogP contribution in [0.5, 0.6) is 5.75 Å². The second-order valence-corrected chi connectivity index (χ2v) is 7.07. The van der Waals surface area contributed by atoms with Crippen molar-refractivity contribution in [1.82, 2.24) is 20.1 Å². The van der Waals surface area contributed by atoms with Gasteiger partial charge in [-0.1, -0.05) is 23.4 Å². The second-order valence-electron chi connectivity index (χ2n) is 7.07. The molecular formula is C22H19N5O3. The molecule has 150 valence electrons. The van der Waals surface area contributed by atoms with Crippen molar-refractivity contribution < 1.29 is 14.1 Å². The first-order valence-corrected chi connectivity index (χ1v) is 9.72. The lowest BCUT2D eigenvalue weighted by molar-refractivity contribution is 0.102. The highest BCUT2D eigenvalue weighted by Crippen LogP contribution is 2.38. The molecule has 0 unspecified atom stereocenters. The summed E-state index contributed by atoms with van der Waals surface area (Å²) in [5.41, 5.74) is 1.94. The molecular weight excluding hydrogens is 382 g/mol. The number of rotatable bonds is 7. The lowest BCUT2D eigenvalue weighted by atomic mass is 10.1. The molecule has 30 heavy (non-hydrogen) atoms. The van der Waals surface area contributed by atoms with Gasteiger partial charge in [-0.2, -0.15) is 4.98 Å². The van der Waals surface area contributed by atoms with E-state index in [1.54, 1.807) is 42.7 Å². The fourth-order valence-electron chi connectivity index (χ4n) is 3.10. The molecule has 0 bridgehead atoms. The van der Waals surface area contributed by atoms with Crippen molar-refractivity contribution in [3.8, 4) is 17.1 Å². The van der Waals surface area contributed by atoms with Gasteiger partial charge in [0.2, 0.25) is 11.7 Å². The van der Waals surface area contributed by atoms with Crippen molar-refractivity contribution in [2.24, 2.45) is 0 Å². The molecule has 5 rings (SSSR count). The van der Waals surface area contributed by atoms with E-state index in [0.29, 0.717) is 40.5 Å². The minimum absolute atomic E-state index is 0.213. The lowest BCUT2D eigenvalue weighted by Gasteiger charge is -2.10. The average molecular weight is 401 g/mol. The zero-order chi connectivity index (χ0) is 20.3. The lowest BCUT2D eigenvalue weighted by Crippen LogP contribution is -2.13. The van der Waals surface area contributed by atoms with E-state index >= 15 is 0 Å². The van der Waals surface area contributed by atoms with E-state index in [4.69, 9.17) is 9.26 Å². The molecule has 1 fully saturated rings. The smallest absolute Gasteiger partial charge is 0.256 e. The van der Waals surface area contributed by atoms with Crippen LogP contribution in [0.4, 0.5) is 5.69 Å². The van der Waals surface area contributed by atoms with Crippen LogP contribution in [-0.4, -0.2) is 26.0 Å². The van der Waals surface area contributed by atoms with Crippen molar-refractivity contribution in [3.05, 3.63) is 78.2 Å². The van der Waals surface area contributed by atoms with E-state index in [1.165, 1.54) is 0 Å².